The van der Waals surface area contributed by atoms with Crippen molar-refractivity contribution < 1.29 is 36.1 Å². The Morgan fingerprint density at radius 2 is 2.17 bits per heavy atom. The number of esters is 1. The minimum absolute atomic E-state index is 0.0477. The molecule has 9 heteroatoms. The van der Waals surface area contributed by atoms with Crippen LogP contribution in [-0.2, 0) is 20.7 Å². The quantitative estimate of drug-likeness (QED) is 0.769. The summed E-state index contributed by atoms with van der Waals surface area (Å²) in [5.74, 6) is -1.57. The van der Waals surface area contributed by atoms with Crippen LogP contribution in [0.5, 0.6) is 0 Å². The highest BCUT2D eigenvalue weighted by Gasteiger charge is 2.31. The van der Waals surface area contributed by atoms with Crippen LogP contribution in [0, 0.1) is 0 Å². The Hall–Kier alpha value is -2.19. The second kappa shape index (κ2) is 7.38. The minimum Gasteiger partial charge on any atom is -0.467 e. The van der Waals surface area contributed by atoms with E-state index in [0.717, 1.165) is 12.4 Å². The number of carbonyl (C=O) groups is 2. The number of rotatable bonds is 5. The predicted octanol–water partition coefficient (Wildman–Crippen LogP) is 2.23. The Labute approximate surface area is 141 Å². The molecule has 0 saturated heterocycles. The van der Waals surface area contributed by atoms with E-state index in [1.165, 1.54) is 20.8 Å². The second-order valence-electron chi connectivity index (χ2n) is 5.60. The molecular weight excluding hydrogens is 312 g/mol. The van der Waals surface area contributed by atoms with Gasteiger partial charge >= 0.3 is 18.6 Å². The normalized spacial score (nSPS) is 17.8. The summed E-state index contributed by atoms with van der Waals surface area (Å²) >= 11 is 0. The van der Waals surface area contributed by atoms with Gasteiger partial charge in [0.25, 0.3) is 0 Å². The molecule has 0 spiro atoms. The molecule has 0 aliphatic carbocycles. The number of nitrogens with zero attached hydrogens (tertiary/aromatic N) is 3. The van der Waals surface area contributed by atoms with Crippen LogP contribution in [0.3, 0.4) is 0 Å². The van der Waals surface area contributed by atoms with E-state index in [9.17, 15) is 18.4 Å². The van der Waals surface area contributed by atoms with Gasteiger partial charge in [-0.15, -0.1) is 0 Å². The third-order valence-corrected chi connectivity index (χ3v) is 2.56. The van der Waals surface area contributed by atoms with Gasteiger partial charge in [-0.05, 0) is 26.3 Å². The Kier molecular flexibility index (Phi) is 3.65. The van der Waals surface area contributed by atoms with E-state index >= 15 is 0 Å². The van der Waals surface area contributed by atoms with E-state index in [2.05, 4.69) is 9.84 Å². The summed E-state index contributed by atoms with van der Waals surface area (Å²) in [4.78, 5) is 24.9. The number of hydrogen-bond donors (Lipinski definition) is 0. The van der Waals surface area contributed by atoms with Crippen molar-refractivity contribution in [2.24, 2.45) is 0 Å². The predicted molar refractivity (Wildman–Crippen MR) is 77.0 cm³/mol. The first kappa shape index (κ1) is 11.4. The van der Waals surface area contributed by atoms with Gasteiger partial charge in [0.05, 0.1) is 17.3 Å². The maximum atomic E-state index is 12.7. The smallest absolute Gasteiger partial charge is 0.410 e. The number of ether oxygens (including phenoxy) is 2. The van der Waals surface area contributed by atoms with E-state index in [-0.39, 0.29) is 15.1 Å². The molecule has 0 aliphatic rings. The molecule has 1 atom stereocenters. The summed E-state index contributed by atoms with van der Waals surface area (Å²) in [7, 11) is -3.23. The monoisotopic (exact) mass is 339 g/mol. The molecule has 0 aromatic carbocycles. The van der Waals surface area contributed by atoms with E-state index in [0.29, 0.717) is 0 Å². The molecule has 1 amide bonds. The number of amides is 1. The van der Waals surface area contributed by atoms with Crippen molar-refractivity contribution in [3.05, 3.63) is 18.0 Å². The summed E-state index contributed by atoms with van der Waals surface area (Å²) < 4.78 is 78.9. The lowest BCUT2D eigenvalue weighted by Crippen LogP contribution is -2.46. The number of halogens is 2. The van der Waals surface area contributed by atoms with Crippen molar-refractivity contribution in [1.29, 1.82) is 0 Å². The number of hydrogen-bond acceptors (Lipinski definition) is 5. The van der Waals surface area contributed by atoms with Crippen molar-refractivity contribution >= 4 is 12.1 Å². The fourth-order valence-corrected chi connectivity index (χ4v) is 1.60. The first-order chi connectivity index (χ1) is 12.9. The molecule has 0 N–H and O–H groups in total. The molecule has 1 rings (SSSR count). The molecule has 0 bridgehead atoms. The van der Waals surface area contributed by atoms with E-state index in [1.807, 2.05) is 0 Å². The van der Waals surface area contributed by atoms with Gasteiger partial charge in [0.15, 0.2) is 0 Å². The average molecular weight is 339 g/mol. The van der Waals surface area contributed by atoms with Crippen molar-refractivity contribution in [2.75, 3.05) is 14.0 Å². The minimum atomic E-state index is -3.24. The van der Waals surface area contributed by atoms with Gasteiger partial charge in [-0.2, -0.15) is 13.9 Å². The Balaban J connectivity index is 3.35. The molecular formula is C14H21F2N3O4. The van der Waals surface area contributed by atoms with E-state index in [1.54, 1.807) is 0 Å². The molecule has 0 aliphatic heterocycles. The maximum absolute atomic E-state index is 12.7. The molecule has 0 fully saturated rings. The lowest BCUT2D eigenvalue weighted by atomic mass is 10.1. The fourth-order valence-electron chi connectivity index (χ4n) is 1.60. The van der Waals surface area contributed by atoms with Crippen LogP contribution in [0.25, 0.3) is 0 Å². The molecule has 1 heterocycles. The zero-order valence-electron chi connectivity index (χ0n) is 18.7. The largest absolute Gasteiger partial charge is 0.467 e. The standard InChI is InChI=1S/C14H21F2N3O4/c1-14(2,3)23-13(21)18(4)10(11(20)22-5)6-9-7-17-19(8-9)12(15)16/h7-8,10,12H,6H2,1-5H3/t10-/m1/s1/i4D3,5D3. The zero-order valence-corrected chi connectivity index (χ0v) is 12.7. The van der Waals surface area contributed by atoms with Crippen molar-refractivity contribution in [3.63, 3.8) is 0 Å². The van der Waals surface area contributed by atoms with Crippen LogP contribution >= 0.6 is 0 Å². The Morgan fingerprint density at radius 3 is 2.65 bits per heavy atom. The summed E-state index contributed by atoms with van der Waals surface area (Å²) in [5.41, 5.74) is -1.20. The zero-order chi connectivity index (χ0) is 22.8. The lowest BCUT2D eigenvalue weighted by Gasteiger charge is -2.29. The third kappa shape index (κ3) is 5.50. The SMILES string of the molecule is [2H]C([2H])([2H])OC(=O)[C@@H](Cc1cnn(C(F)F)c1)N(C(=O)OC(C)(C)C)C([2H])([2H])[2H]. The Morgan fingerprint density at radius 1 is 1.48 bits per heavy atom. The van der Waals surface area contributed by atoms with Gasteiger partial charge < -0.3 is 9.47 Å². The van der Waals surface area contributed by atoms with Gasteiger partial charge in [0.2, 0.25) is 0 Å². The molecule has 23 heavy (non-hydrogen) atoms. The van der Waals surface area contributed by atoms with Gasteiger partial charge in [-0.25, -0.2) is 14.3 Å². The van der Waals surface area contributed by atoms with Crippen molar-refractivity contribution in [2.45, 2.75) is 45.4 Å². The summed E-state index contributed by atoms with van der Waals surface area (Å²) in [5, 5.41) is 3.36. The highest BCUT2D eigenvalue weighted by Crippen LogP contribution is 2.16. The van der Waals surface area contributed by atoms with Gasteiger partial charge in [0, 0.05) is 23.7 Å². The molecule has 0 radical (unpaired) electrons. The summed E-state index contributed by atoms with van der Waals surface area (Å²) in [6.45, 7) is -1.89. The Bertz CT molecular complexity index is 730. The number of alkyl halides is 2. The average Bonchev–Trinajstić information content (AvgIpc) is 2.90. The van der Waals surface area contributed by atoms with Crippen LogP contribution in [0.15, 0.2) is 12.4 Å². The van der Waals surface area contributed by atoms with E-state index in [4.69, 9.17) is 13.0 Å². The third-order valence-electron chi connectivity index (χ3n) is 2.56. The number of methoxy groups -OCH3 is 1. The topological polar surface area (TPSA) is 73.7 Å². The van der Waals surface area contributed by atoms with Crippen molar-refractivity contribution in [3.8, 4) is 0 Å². The van der Waals surface area contributed by atoms with Crippen LogP contribution in [-0.4, -0.2) is 52.4 Å². The number of likely N-dealkylation sites (N-methyl/N-ethyl adjacent to an activating group) is 1. The molecule has 1 aromatic rings. The van der Waals surface area contributed by atoms with E-state index < -0.39 is 50.7 Å². The fraction of sp³-hybridized carbons (Fsp3) is 0.643. The molecule has 0 unspecified atom stereocenters. The summed E-state index contributed by atoms with van der Waals surface area (Å²) in [6.07, 6.45) is -0.341. The summed E-state index contributed by atoms with van der Waals surface area (Å²) in [6, 6.07) is -2.01. The highest BCUT2D eigenvalue weighted by atomic mass is 19.3. The van der Waals surface area contributed by atoms with Crippen LogP contribution in [0.1, 0.15) is 41.1 Å². The number of carbonyl (C=O) groups excluding carboxylic acids is 2. The van der Waals surface area contributed by atoms with Crippen LogP contribution in [0.2, 0.25) is 0 Å². The maximum Gasteiger partial charge on any atom is 0.410 e. The molecule has 130 valence electrons. The van der Waals surface area contributed by atoms with Gasteiger partial charge in [-0.1, -0.05) is 0 Å². The first-order valence-electron chi connectivity index (χ1n) is 9.47. The van der Waals surface area contributed by atoms with Crippen LogP contribution < -0.4 is 0 Å². The molecule has 1 aromatic heterocycles. The van der Waals surface area contributed by atoms with Gasteiger partial charge in [-0.3, -0.25) is 4.90 Å². The number of aromatic nitrogens is 2. The lowest BCUT2D eigenvalue weighted by molar-refractivity contribution is -0.146. The van der Waals surface area contributed by atoms with Crippen molar-refractivity contribution in [1.82, 2.24) is 14.7 Å². The highest BCUT2D eigenvalue weighted by molar-refractivity contribution is 5.81. The molecule has 7 nitrogen and oxygen atoms in total. The first-order valence-corrected chi connectivity index (χ1v) is 6.47. The molecule has 0 saturated carbocycles. The second-order valence-corrected chi connectivity index (χ2v) is 5.60. The van der Waals surface area contributed by atoms with Gasteiger partial charge in [0.1, 0.15) is 11.6 Å². The van der Waals surface area contributed by atoms with Crippen LogP contribution in [0.4, 0.5) is 13.6 Å².